The smallest absolute Gasteiger partial charge is 0.365 e. The molecule has 1 aromatic rings. The molecule has 1 unspecified atom stereocenters. The maximum Gasteiger partial charge on any atom is 0.365 e. The molecule has 16 heavy (non-hydrogen) atoms. The van der Waals surface area contributed by atoms with E-state index in [2.05, 4.69) is 4.52 Å². The van der Waals surface area contributed by atoms with Crippen molar-refractivity contribution in [2.75, 3.05) is 21.3 Å². The molecular formula is C9H13O6P. The van der Waals surface area contributed by atoms with E-state index in [4.69, 9.17) is 19.1 Å². The summed E-state index contributed by atoms with van der Waals surface area (Å²) in [5, 5.41) is 0. The summed E-state index contributed by atoms with van der Waals surface area (Å²) in [4.78, 5) is 8.67. The molecule has 90 valence electrons. The maximum atomic E-state index is 10.6. The van der Waals surface area contributed by atoms with Gasteiger partial charge in [-0.05, 0) is 0 Å². The lowest BCUT2D eigenvalue weighted by molar-refractivity contribution is 0.321. The van der Waals surface area contributed by atoms with E-state index in [1.54, 1.807) is 0 Å². The second kappa shape index (κ2) is 5.63. The minimum atomic E-state index is -3.06. The minimum absolute atomic E-state index is 0.181. The minimum Gasteiger partial charge on any atom is -0.493 e. The van der Waals surface area contributed by atoms with E-state index in [1.165, 1.54) is 33.5 Å². The standard InChI is InChI=1S/C9H13O6P/c1-12-7-4-6(15-16(10)11)5-8(13-2)9(7)14-3/h4-5,16H,1-3H3,(H,10,11). The highest BCUT2D eigenvalue weighted by Gasteiger charge is 2.14. The van der Waals surface area contributed by atoms with E-state index in [0.29, 0.717) is 17.2 Å². The lowest BCUT2D eigenvalue weighted by Crippen LogP contribution is -1.95. The van der Waals surface area contributed by atoms with Crippen molar-refractivity contribution >= 4 is 8.25 Å². The van der Waals surface area contributed by atoms with Gasteiger partial charge in [-0.25, -0.2) is 4.57 Å². The van der Waals surface area contributed by atoms with E-state index in [9.17, 15) is 4.57 Å². The van der Waals surface area contributed by atoms with Crippen LogP contribution in [0.1, 0.15) is 0 Å². The van der Waals surface area contributed by atoms with Gasteiger partial charge in [-0.15, -0.1) is 0 Å². The molecule has 0 aliphatic rings. The van der Waals surface area contributed by atoms with Crippen molar-refractivity contribution in [1.29, 1.82) is 0 Å². The van der Waals surface area contributed by atoms with Crippen molar-refractivity contribution in [3.8, 4) is 23.0 Å². The molecule has 0 aromatic heterocycles. The Labute approximate surface area is 93.7 Å². The van der Waals surface area contributed by atoms with Crippen LogP contribution in [0.3, 0.4) is 0 Å². The molecule has 7 heteroatoms. The Bertz CT molecular complexity index is 367. The summed E-state index contributed by atoms with van der Waals surface area (Å²) >= 11 is 0. The molecule has 0 heterocycles. The Morgan fingerprint density at radius 1 is 1.06 bits per heavy atom. The molecule has 0 saturated heterocycles. The molecule has 0 amide bonds. The van der Waals surface area contributed by atoms with Crippen LogP contribution in [-0.4, -0.2) is 26.2 Å². The number of ether oxygens (including phenoxy) is 3. The van der Waals surface area contributed by atoms with Gasteiger partial charge in [0.25, 0.3) is 0 Å². The Morgan fingerprint density at radius 3 is 1.88 bits per heavy atom. The van der Waals surface area contributed by atoms with Crippen LogP contribution in [0.4, 0.5) is 0 Å². The summed E-state index contributed by atoms with van der Waals surface area (Å²) in [7, 11) is 1.31. The molecule has 1 N–H and O–H groups in total. The second-order valence-electron chi connectivity index (χ2n) is 2.73. The summed E-state index contributed by atoms with van der Waals surface area (Å²) in [6, 6.07) is 2.89. The lowest BCUT2D eigenvalue weighted by atomic mass is 10.2. The molecule has 0 aliphatic carbocycles. The fraction of sp³-hybridized carbons (Fsp3) is 0.333. The number of rotatable bonds is 5. The van der Waals surface area contributed by atoms with Gasteiger partial charge < -0.3 is 23.6 Å². The zero-order valence-corrected chi connectivity index (χ0v) is 10.1. The average molecular weight is 248 g/mol. The van der Waals surface area contributed by atoms with Crippen LogP contribution in [0.15, 0.2) is 12.1 Å². The van der Waals surface area contributed by atoms with Crippen molar-refractivity contribution in [3.05, 3.63) is 12.1 Å². The molecule has 6 nitrogen and oxygen atoms in total. The first-order valence-corrected chi connectivity index (χ1v) is 5.59. The topological polar surface area (TPSA) is 74.2 Å². The van der Waals surface area contributed by atoms with Gasteiger partial charge in [0, 0.05) is 12.1 Å². The van der Waals surface area contributed by atoms with Crippen LogP contribution in [-0.2, 0) is 4.57 Å². The van der Waals surface area contributed by atoms with Crippen molar-refractivity contribution in [1.82, 2.24) is 0 Å². The van der Waals surface area contributed by atoms with Gasteiger partial charge in [0.15, 0.2) is 11.5 Å². The van der Waals surface area contributed by atoms with Gasteiger partial charge in [-0.2, -0.15) is 0 Å². The lowest BCUT2D eigenvalue weighted by Gasteiger charge is -2.13. The molecule has 0 spiro atoms. The Balaban J connectivity index is 3.20. The highest BCUT2D eigenvalue weighted by molar-refractivity contribution is 7.32. The summed E-state index contributed by atoms with van der Waals surface area (Å²) < 4.78 is 30.4. The molecular weight excluding hydrogens is 235 g/mol. The second-order valence-corrected chi connectivity index (χ2v) is 3.46. The molecule has 1 aromatic carbocycles. The van der Waals surface area contributed by atoms with Gasteiger partial charge in [0.2, 0.25) is 5.75 Å². The molecule has 0 aliphatic heterocycles. The fourth-order valence-electron chi connectivity index (χ4n) is 1.22. The van der Waals surface area contributed by atoms with Gasteiger partial charge >= 0.3 is 8.25 Å². The average Bonchev–Trinajstić information content (AvgIpc) is 2.26. The first kappa shape index (κ1) is 12.7. The normalized spacial score (nSPS) is 11.8. The van der Waals surface area contributed by atoms with Crippen molar-refractivity contribution in [2.45, 2.75) is 0 Å². The monoisotopic (exact) mass is 248 g/mol. The van der Waals surface area contributed by atoms with Crippen LogP contribution < -0.4 is 18.7 Å². The molecule has 1 atom stereocenters. The fourth-order valence-corrected chi connectivity index (χ4v) is 1.54. The van der Waals surface area contributed by atoms with Gasteiger partial charge in [-0.1, -0.05) is 0 Å². The first-order valence-electron chi connectivity index (χ1n) is 4.33. The van der Waals surface area contributed by atoms with Crippen molar-refractivity contribution in [2.24, 2.45) is 0 Å². The number of benzene rings is 1. The van der Waals surface area contributed by atoms with E-state index < -0.39 is 8.25 Å². The number of hydrogen-bond donors (Lipinski definition) is 1. The van der Waals surface area contributed by atoms with Crippen molar-refractivity contribution < 1.29 is 28.2 Å². The molecule has 0 radical (unpaired) electrons. The van der Waals surface area contributed by atoms with Crippen LogP contribution in [0.25, 0.3) is 0 Å². The molecule has 0 saturated carbocycles. The van der Waals surface area contributed by atoms with Crippen LogP contribution >= 0.6 is 8.25 Å². The van der Waals surface area contributed by atoms with Gasteiger partial charge in [-0.3, -0.25) is 0 Å². The third-order valence-electron chi connectivity index (χ3n) is 1.84. The van der Waals surface area contributed by atoms with Gasteiger partial charge in [0.1, 0.15) is 5.75 Å². The molecule has 0 fully saturated rings. The van der Waals surface area contributed by atoms with Crippen LogP contribution in [0.2, 0.25) is 0 Å². The van der Waals surface area contributed by atoms with Gasteiger partial charge in [0.05, 0.1) is 21.3 Å². The third kappa shape index (κ3) is 2.81. The van der Waals surface area contributed by atoms with Crippen LogP contribution in [0, 0.1) is 0 Å². The quantitative estimate of drug-likeness (QED) is 0.795. The Kier molecular flexibility index (Phi) is 4.46. The third-order valence-corrected chi connectivity index (χ3v) is 2.25. The molecule has 0 bridgehead atoms. The zero-order chi connectivity index (χ0) is 12.1. The Hall–Kier alpha value is -1.39. The highest BCUT2D eigenvalue weighted by atomic mass is 31.1. The highest BCUT2D eigenvalue weighted by Crippen LogP contribution is 2.42. The first-order chi connectivity index (χ1) is 7.62. The molecule has 1 rings (SSSR count). The number of methoxy groups -OCH3 is 3. The van der Waals surface area contributed by atoms with E-state index in [0.717, 1.165) is 0 Å². The van der Waals surface area contributed by atoms with E-state index >= 15 is 0 Å². The SMILES string of the molecule is COc1cc(O[PH](=O)O)cc(OC)c1OC. The summed E-state index contributed by atoms with van der Waals surface area (Å²) in [5.41, 5.74) is 0. The maximum absolute atomic E-state index is 10.6. The largest absolute Gasteiger partial charge is 0.493 e. The van der Waals surface area contributed by atoms with E-state index in [-0.39, 0.29) is 5.75 Å². The number of hydrogen-bond acceptors (Lipinski definition) is 5. The summed E-state index contributed by atoms with van der Waals surface area (Å²) in [5.74, 6) is 1.30. The van der Waals surface area contributed by atoms with Crippen LogP contribution in [0.5, 0.6) is 23.0 Å². The predicted molar refractivity (Wildman–Crippen MR) is 57.9 cm³/mol. The predicted octanol–water partition coefficient (Wildman–Crippen LogP) is 1.47. The summed E-state index contributed by atoms with van der Waals surface area (Å²) in [6.45, 7) is 0. The Morgan fingerprint density at radius 2 is 1.56 bits per heavy atom. The zero-order valence-electron chi connectivity index (χ0n) is 9.14. The van der Waals surface area contributed by atoms with Crippen molar-refractivity contribution in [3.63, 3.8) is 0 Å². The van der Waals surface area contributed by atoms with E-state index in [1.807, 2.05) is 0 Å². The summed E-state index contributed by atoms with van der Waals surface area (Å²) in [6.07, 6.45) is 0.